The van der Waals surface area contributed by atoms with Crippen LogP contribution in [0.5, 0.6) is 5.75 Å². The van der Waals surface area contributed by atoms with Crippen LogP contribution in [-0.2, 0) is 0 Å². The van der Waals surface area contributed by atoms with Gasteiger partial charge in [-0.25, -0.2) is 4.39 Å². The number of hydrogen-bond acceptors (Lipinski definition) is 2. The number of unbranched alkanes of at least 4 members (excludes halogenated alkanes) is 1. The summed E-state index contributed by atoms with van der Waals surface area (Å²) in [6.07, 6.45) is 2.58. The van der Waals surface area contributed by atoms with Gasteiger partial charge in [0, 0.05) is 5.41 Å². The highest BCUT2D eigenvalue weighted by Gasteiger charge is 2.20. The molecule has 0 unspecified atom stereocenters. The Bertz CT molecular complexity index is 449. The maximum atomic E-state index is 12.8. The smallest absolute Gasteiger partial charge is 0.138 e. The number of halogens is 2. The van der Waals surface area contributed by atoms with Crippen LogP contribution in [0.3, 0.4) is 0 Å². The van der Waals surface area contributed by atoms with Crippen molar-refractivity contribution in [2.45, 2.75) is 33.1 Å². The van der Waals surface area contributed by atoms with Gasteiger partial charge in [-0.3, -0.25) is 5.41 Å². The summed E-state index contributed by atoms with van der Waals surface area (Å²) in [4.78, 5) is 0. The SMILES string of the molecule is CC(C)(CCCCOc1ccc(F)cc1Cl)C(=N)N. The van der Waals surface area contributed by atoms with Crippen molar-refractivity contribution in [2.75, 3.05) is 6.61 Å². The molecule has 1 aromatic carbocycles. The third-order valence-electron chi connectivity index (χ3n) is 3.08. The predicted octanol–water partition coefficient (Wildman–Crippen LogP) is 3.99. The molecular weight excluding hydrogens is 267 g/mol. The average molecular weight is 287 g/mol. The Labute approximate surface area is 118 Å². The van der Waals surface area contributed by atoms with E-state index < -0.39 is 0 Å². The Hall–Kier alpha value is -1.29. The lowest BCUT2D eigenvalue weighted by molar-refractivity contribution is 0.296. The van der Waals surface area contributed by atoms with Crippen molar-refractivity contribution in [2.24, 2.45) is 11.1 Å². The molecule has 0 heterocycles. The fraction of sp³-hybridized carbons (Fsp3) is 0.500. The molecule has 5 heteroatoms. The van der Waals surface area contributed by atoms with Gasteiger partial charge < -0.3 is 10.5 Å². The first kappa shape index (κ1) is 15.8. The number of amidine groups is 1. The molecule has 1 aromatic rings. The molecule has 1 rings (SSSR count). The van der Waals surface area contributed by atoms with Gasteiger partial charge in [0.1, 0.15) is 11.6 Å². The summed E-state index contributed by atoms with van der Waals surface area (Å²) in [5, 5.41) is 7.74. The van der Waals surface area contributed by atoms with Crippen molar-refractivity contribution in [1.82, 2.24) is 0 Å². The quantitative estimate of drug-likeness (QED) is 0.452. The molecule has 19 heavy (non-hydrogen) atoms. The van der Waals surface area contributed by atoms with Crippen LogP contribution in [-0.4, -0.2) is 12.4 Å². The number of nitrogens with one attached hydrogen (secondary N) is 1. The summed E-state index contributed by atoms with van der Waals surface area (Å²) in [5.41, 5.74) is 5.24. The topological polar surface area (TPSA) is 59.1 Å². The minimum absolute atomic E-state index is 0.204. The van der Waals surface area contributed by atoms with E-state index in [0.29, 0.717) is 12.4 Å². The highest BCUT2D eigenvalue weighted by Crippen LogP contribution is 2.26. The Balaban J connectivity index is 2.30. The monoisotopic (exact) mass is 286 g/mol. The second-order valence-corrected chi connectivity index (χ2v) is 5.59. The van der Waals surface area contributed by atoms with Gasteiger partial charge in [0.15, 0.2) is 0 Å². The first-order valence-electron chi connectivity index (χ1n) is 6.25. The molecule has 0 atom stereocenters. The van der Waals surface area contributed by atoms with E-state index in [2.05, 4.69) is 0 Å². The van der Waals surface area contributed by atoms with E-state index in [1.54, 1.807) is 0 Å². The minimum atomic E-state index is -0.374. The first-order chi connectivity index (χ1) is 8.83. The van der Waals surface area contributed by atoms with Crippen LogP contribution in [0.1, 0.15) is 33.1 Å². The zero-order chi connectivity index (χ0) is 14.5. The second kappa shape index (κ2) is 6.75. The van der Waals surface area contributed by atoms with E-state index in [0.717, 1.165) is 19.3 Å². The van der Waals surface area contributed by atoms with Crippen LogP contribution in [0.4, 0.5) is 4.39 Å². The Morgan fingerprint density at radius 3 is 2.68 bits per heavy atom. The van der Waals surface area contributed by atoms with Crippen LogP contribution in [0.2, 0.25) is 5.02 Å². The van der Waals surface area contributed by atoms with Gasteiger partial charge in [0.05, 0.1) is 17.5 Å². The lowest BCUT2D eigenvalue weighted by Gasteiger charge is -2.22. The molecule has 0 aliphatic heterocycles. The van der Waals surface area contributed by atoms with Gasteiger partial charge in [-0.15, -0.1) is 0 Å². The molecule has 0 aliphatic carbocycles. The average Bonchev–Trinajstić information content (AvgIpc) is 2.31. The van der Waals surface area contributed by atoms with E-state index in [1.165, 1.54) is 18.2 Å². The molecular formula is C14H20ClFN2O. The lowest BCUT2D eigenvalue weighted by Crippen LogP contribution is -2.30. The Morgan fingerprint density at radius 2 is 2.11 bits per heavy atom. The number of ether oxygens (including phenoxy) is 1. The van der Waals surface area contributed by atoms with Crippen molar-refractivity contribution in [1.29, 1.82) is 5.41 Å². The van der Waals surface area contributed by atoms with Crippen molar-refractivity contribution in [3.63, 3.8) is 0 Å². The third-order valence-corrected chi connectivity index (χ3v) is 3.37. The molecule has 0 aliphatic rings. The number of rotatable bonds is 7. The summed E-state index contributed by atoms with van der Waals surface area (Å²) in [7, 11) is 0. The van der Waals surface area contributed by atoms with E-state index in [9.17, 15) is 4.39 Å². The van der Waals surface area contributed by atoms with Crippen LogP contribution < -0.4 is 10.5 Å². The zero-order valence-electron chi connectivity index (χ0n) is 11.3. The van der Waals surface area contributed by atoms with Crippen molar-refractivity contribution in [3.05, 3.63) is 29.0 Å². The van der Waals surface area contributed by atoms with Gasteiger partial charge in [0.2, 0.25) is 0 Å². The second-order valence-electron chi connectivity index (χ2n) is 5.18. The molecule has 0 fully saturated rings. The van der Waals surface area contributed by atoms with Crippen LogP contribution >= 0.6 is 11.6 Å². The lowest BCUT2D eigenvalue weighted by atomic mass is 9.86. The summed E-state index contributed by atoms with van der Waals surface area (Å²) >= 11 is 5.85. The number of nitrogens with two attached hydrogens (primary N) is 1. The van der Waals surface area contributed by atoms with E-state index >= 15 is 0 Å². The van der Waals surface area contributed by atoms with E-state index in [1.807, 2.05) is 13.8 Å². The van der Waals surface area contributed by atoms with Crippen molar-refractivity contribution >= 4 is 17.4 Å². The molecule has 0 radical (unpaired) electrons. The van der Waals surface area contributed by atoms with Crippen LogP contribution in [0.25, 0.3) is 0 Å². The summed E-state index contributed by atoms with van der Waals surface area (Å²) < 4.78 is 18.3. The molecule has 0 saturated carbocycles. The highest BCUT2D eigenvalue weighted by atomic mass is 35.5. The first-order valence-corrected chi connectivity index (χ1v) is 6.63. The van der Waals surface area contributed by atoms with Gasteiger partial charge in [-0.1, -0.05) is 25.4 Å². The molecule has 0 spiro atoms. The maximum Gasteiger partial charge on any atom is 0.138 e. The standard InChI is InChI=1S/C14H20ClFN2O/c1-14(2,13(17)18)7-3-4-8-19-12-6-5-10(16)9-11(12)15/h5-6,9H,3-4,7-8H2,1-2H3,(H3,17,18). The fourth-order valence-corrected chi connectivity index (χ4v) is 1.80. The largest absolute Gasteiger partial charge is 0.492 e. The number of hydrogen-bond donors (Lipinski definition) is 2. The highest BCUT2D eigenvalue weighted by molar-refractivity contribution is 6.32. The van der Waals surface area contributed by atoms with E-state index in [-0.39, 0.29) is 22.1 Å². The summed E-state index contributed by atoms with van der Waals surface area (Å²) in [6, 6.07) is 4.08. The molecule has 0 amide bonds. The zero-order valence-corrected chi connectivity index (χ0v) is 12.1. The third kappa shape index (κ3) is 5.07. The molecule has 0 saturated heterocycles. The van der Waals surface area contributed by atoms with Crippen LogP contribution in [0, 0.1) is 16.6 Å². The van der Waals surface area contributed by atoms with E-state index in [4.69, 9.17) is 27.5 Å². The molecule has 0 aromatic heterocycles. The van der Waals surface area contributed by atoms with Gasteiger partial charge in [-0.05, 0) is 37.5 Å². The summed E-state index contributed by atoms with van der Waals surface area (Å²) in [6.45, 7) is 4.42. The van der Waals surface area contributed by atoms with Crippen molar-refractivity contribution in [3.8, 4) is 5.75 Å². The van der Waals surface area contributed by atoms with Crippen molar-refractivity contribution < 1.29 is 9.13 Å². The number of benzene rings is 1. The fourth-order valence-electron chi connectivity index (χ4n) is 1.58. The Kier molecular flexibility index (Phi) is 5.60. The van der Waals surface area contributed by atoms with Gasteiger partial charge >= 0.3 is 0 Å². The molecule has 3 nitrogen and oxygen atoms in total. The molecule has 3 N–H and O–H groups in total. The normalized spacial score (nSPS) is 11.4. The van der Waals surface area contributed by atoms with Crippen LogP contribution in [0.15, 0.2) is 18.2 Å². The maximum absolute atomic E-state index is 12.8. The predicted molar refractivity (Wildman–Crippen MR) is 76.5 cm³/mol. The van der Waals surface area contributed by atoms with Gasteiger partial charge in [-0.2, -0.15) is 0 Å². The minimum Gasteiger partial charge on any atom is -0.492 e. The Morgan fingerprint density at radius 1 is 1.42 bits per heavy atom. The molecule has 106 valence electrons. The summed E-state index contributed by atoms with van der Waals surface area (Å²) in [5.74, 6) is 0.324. The molecule has 0 bridgehead atoms. The van der Waals surface area contributed by atoms with Gasteiger partial charge in [0.25, 0.3) is 0 Å².